The third kappa shape index (κ3) is 5.99. The second-order valence-corrected chi connectivity index (χ2v) is 10.9. The molecular formula is C29H36F2N6O4. The number of carbonyl (C=O) groups is 1. The van der Waals surface area contributed by atoms with Gasteiger partial charge in [-0.3, -0.25) is 9.36 Å². The second kappa shape index (κ2) is 12.2. The van der Waals surface area contributed by atoms with E-state index in [0.29, 0.717) is 75.2 Å². The van der Waals surface area contributed by atoms with Gasteiger partial charge in [0.15, 0.2) is 5.82 Å². The van der Waals surface area contributed by atoms with Gasteiger partial charge in [0.25, 0.3) is 6.43 Å². The van der Waals surface area contributed by atoms with E-state index in [9.17, 15) is 13.6 Å². The van der Waals surface area contributed by atoms with Crippen LogP contribution in [-0.4, -0.2) is 89.0 Å². The molecule has 6 rings (SSSR count). The molecule has 10 nitrogen and oxygen atoms in total. The summed E-state index contributed by atoms with van der Waals surface area (Å²) in [6, 6.07) is 8.86. The minimum atomic E-state index is -2.79. The van der Waals surface area contributed by atoms with Crippen LogP contribution in [0.25, 0.3) is 16.9 Å². The molecule has 12 heteroatoms. The lowest BCUT2D eigenvalue weighted by molar-refractivity contribution is -0.139. The lowest BCUT2D eigenvalue weighted by Crippen LogP contribution is -2.44. The lowest BCUT2D eigenvalue weighted by Gasteiger charge is -2.36. The molecule has 4 heterocycles. The number of hydrogen-bond acceptors (Lipinski definition) is 8. The summed E-state index contributed by atoms with van der Waals surface area (Å²) in [6.45, 7) is 3.63. The first kappa shape index (κ1) is 27.8. The summed E-state index contributed by atoms with van der Waals surface area (Å²) in [5.41, 5.74) is 0.999. The van der Waals surface area contributed by atoms with Crippen LogP contribution in [0.15, 0.2) is 30.3 Å². The molecule has 220 valence electrons. The van der Waals surface area contributed by atoms with Gasteiger partial charge in [0.05, 0.1) is 24.2 Å². The van der Waals surface area contributed by atoms with Crippen molar-refractivity contribution in [1.82, 2.24) is 24.4 Å². The monoisotopic (exact) mass is 570 g/mol. The summed E-state index contributed by atoms with van der Waals surface area (Å²) < 4.78 is 47.0. The number of amides is 1. The van der Waals surface area contributed by atoms with Gasteiger partial charge in [-0.15, -0.1) is 0 Å². The van der Waals surface area contributed by atoms with Crippen molar-refractivity contribution in [3.05, 3.63) is 36.2 Å². The Morgan fingerprint density at radius 3 is 2.41 bits per heavy atom. The number of anilines is 1. The topological polar surface area (TPSA) is 94.8 Å². The number of fused-ring (bicyclic) bond motifs is 1. The zero-order valence-electron chi connectivity index (χ0n) is 23.3. The number of halogens is 2. The summed E-state index contributed by atoms with van der Waals surface area (Å²) in [4.78, 5) is 30.6. The molecule has 3 aromatic rings. The number of benzene rings is 1. The van der Waals surface area contributed by atoms with Crippen molar-refractivity contribution in [3.63, 3.8) is 0 Å². The van der Waals surface area contributed by atoms with Gasteiger partial charge < -0.3 is 24.0 Å². The highest BCUT2D eigenvalue weighted by Gasteiger charge is 2.33. The first-order valence-corrected chi connectivity index (χ1v) is 14.5. The lowest BCUT2D eigenvalue weighted by atomic mass is 9.86. The number of morpholine rings is 1. The number of aromatic nitrogens is 4. The molecule has 0 N–H and O–H groups in total. The van der Waals surface area contributed by atoms with Gasteiger partial charge in [-0.2, -0.15) is 9.97 Å². The van der Waals surface area contributed by atoms with E-state index in [0.717, 1.165) is 25.7 Å². The Labute approximate surface area is 237 Å². The maximum atomic E-state index is 14.1. The van der Waals surface area contributed by atoms with Crippen molar-refractivity contribution in [2.75, 3.05) is 51.5 Å². The molecule has 3 fully saturated rings. The van der Waals surface area contributed by atoms with E-state index >= 15 is 0 Å². The van der Waals surface area contributed by atoms with Crippen LogP contribution < -0.4 is 9.64 Å². The normalized spacial score (nSPS) is 22.3. The molecule has 1 saturated carbocycles. The standard InChI is InChI=1S/C29H36F2N6O4/c1-35(20-10-14-39-15-11-20)28(38)19-6-8-21(9-7-19)41-25-18-24(33-29(34-25)36-12-16-40-17-13-36)37-23-5-3-2-4-22(23)32-27(37)26(30)31/h2-5,18-21,26H,6-17H2,1H3. The number of ether oxygens (including phenoxy) is 3. The van der Waals surface area contributed by atoms with Crippen LogP contribution >= 0.6 is 0 Å². The molecule has 41 heavy (non-hydrogen) atoms. The van der Waals surface area contributed by atoms with Crippen LogP contribution in [-0.2, 0) is 14.3 Å². The van der Waals surface area contributed by atoms with E-state index in [-0.39, 0.29) is 35.6 Å². The van der Waals surface area contributed by atoms with Gasteiger partial charge in [0, 0.05) is 51.4 Å². The highest BCUT2D eigenvalue weighted by atomic mass is 19.3. The Morgan fingerprint density at radius 1 is 0.976 bits per heavy atom. The molecule has 1 aromatic carbocycles. The average Bonchev–Trinajstić information content (AvgIpc) is 3.42. The third-order valence-electron chi connectivity index (χ3n) is 8.38. The van der Waals surface area contributed by atoms with Crippen LogP contribution in [0.3, 0.4) is 0 Å². The highest BCUT2D eigenvalue weighted by molar-refractivity contribution is 5.79. The van der Waals surface area contributed by atoms with Crippen molar-refractivity contribution >= 4 is 22.9 Å². The number of nitrogens with zero attached hydrogens (tertiary/aromatic N) is 6. The van der Waals surface area contributed by atoms with Crippen LogP contribution in [0.4, 0.5) is 14.7 Å². The summed E-state index contributed by atoms with van der Waals surface area (Å²) in [7, 11) is 1.91. The van der Waals surface area contributed by atoms with Crippen LogP contribution in [0.5, 0.6) is 5.88 Å². The molecule has 2 saturated heterocycles. The van der Waals surface area contributed by atoms with Crippen molar-refractivity contribution in [2.45, 2.75) is 57.1 Å². The Bertz CT molecular complexity index is 1350. The van der Waals surface area contributed by atoms with Crippen molar-refractivity contribution in [1.29, 1.82) is 0 Å². The fourth-order valence-electron chi connectivity index (χ4n) is 6.05. The number of imidazole rings is 1. The summed E-state index contributed by atoms with van der Waals surface area (Å²) >= 11 is 0. The van der Waals surface area contributed by atoms with Gasteiger partial charge in [-0.05, 0) is 50.7 Å². The highest BCUT2D eigenvalue weighted by Crippen LogP contribution is 2.33. The van der Waals surface area contributed by atoms with Gasteiger partial charge in [0.2, 0.25) is 17.7 Å². The molecule has 1 amide bonds. The third-order valence-corrected chi connectivity index (χ3v) is 8.38. The number of rotatable bonds is 7. The number of carbonyl (C=O) groups excluding carboxylic acids is 1. The maximum absolute atomic E-state index is 14.1. The quantitative estimate of drug-likeness (QED) is 0.418. The zero-order valence-corrected chi connectivity index (χ0v) is 23.3. The van der Waals surface area contributed by atoms with E-state index in [1.807, 2.05) is 16.8 Å². The summed E-state index contributed by atoms with van der Waals surface area (Å²) in [6.07, 6.45) is 1.70. The van der Waals surface area contributed by atoms with E-state index < -0.39 is 6.43 Å². The van der Waals surface area contributed by atoms with E-state index in [1.54, 1.807) is 30.3 Å². The van der Waals surface area contributed by atoms with E-state index in [4.69, 9.17) is 19.2 Å². The van der Waals surface area contributed by atoms with Crippen LogP contribution in [0.2, 0.25) is 0 Å². The molecule has 1 aliphatic carbocycles. The predicted octanol–water partition coefficient (Wildman–Crippen LogP) is 4.16. The molecule has 3 aliphatic rings. The van der Waals surface area contributed by atoms with Crippen molar-refractivity contribution in [2.24, 2.45) is 5.92 Å². The Kier molecular flexibility index (Phi) is 8.29. The first-order valence-electron chi connectivity index (χ1n) is 14.5. The van der Waals surface area contributed by atoms with Crippen molar-refractivity contribution < 1.29 is 27.8 Å². The smallest absolute Gasteiger partial charge is 0.296 e. The number of hydrogen-bond donors (Lipinski definition) is 0. The Morgan fingerprint density at radius 2 is 1.68 bits per heavy atom. The Hall–Kier alpha value is -3.38. The van der Waals surface area contributed by atoms with Crippen molar-refractivity contribution in [3.8, 4) is 11.7 Å². The fourth-order valence-corrected chi connectivity index (χ4v) is 6.05. The Balaban J connectivity index is 1.23. The minimum absolute atomic E-state index is 0.0292. The number of para-hydroxylation sites is 2. The van der Waals surface area contributed by atoms with Gasteiger partial charge in [-0.25, -0.2) is 13.8 Å². The first-order chi connectivity index (χ1) is 20.0. The van der Waals surface area contributed by atoms with E-state index in [1.165, 1.54) is 4.57 Å². The van der Waals surface area contributed by atoms with Gasteiger partial charge >= 0.3 is 0 Å². The molecule has 2 aromatic heterocycles. The van der Waals surface area contributed by atoms with Gasteiger partial charge in [-0.1, -0.05) is 12.1 Å². The molecule has 0 unspecified atom stereocenters. The maximum Gasteiger partial charge on any atom is 0.296 e. The molecular weight excluding hydrogens is 534 g/mol. The second-order valence-electron chi connectivity index (χ2n) is 10.9. The van der Waals surface area contributed by atoms with Crippen LogP contribution in [0, 0.1) is 5.92 Å². The zero-order chi connectivity index (χ0) is 28.3. The predicted molar refractivity (Wildman–Crippen MR) is 148 cm³/mol. The molecule has 0 bridgehead atoms. The molecule has 0 radical (unpaired) electrons. The minimum Gasteiger partial charge on any atom is -0.474 e. The SMILES string of the molecule is CN(C(=O)C1CCC(Oc2cc(-n3c(C(F)F)nc4ccccc43)nc(N3CCOCC3)n2)CC1)C1CCOCC1. The molecule has 0 atom stereocenters. The summed E-state index contributed by atoms with van der Waals surface area (Å²) in [5, 5.41) is 0. The largest absolute Gasteiger partial charge is 0.474 e. The average molecular weight is 571 g/mol. The molecule has 2 aliphatic heterocycles. The van der Waals surface area contributed by atoms with Gasteiger partial charge in [0.1, 0.15) is 11.9 Å². The van der Waals surface area contributed by atoms with E-state index in [2.05, 4.69) is 9.97 Å². The molecule has 0 spiro atoms. The number of alkyl halides is 2. The fraction of sp³-hybridized carbons (Fsp3) is 0.586. The summed E-state index contributed by atoms with van der Waals surface area (Å²) in [5.74, 6) is 0.794. The van der Waals surface area contributed by atoms with Crippen LogP contribution in [0.1, 0.15) is 50.8 Å².